The summed E-state index contributed by atoms with van der Waals surface area (Å²) in [6.07, 6.45) is -0.499. The van der Waals surface area contributed by atoms with Crippen LogP contribution in [0, 0.1) is 0 Å². The van der Waals surface area contributed by atoms with E-state index >= 15 is 0 Å². The fourth-order valence-electron chi connectivity index (χ4n) is 12.8. The Labute approximate surface area is 463 Å². The van der Waals surface area contributed by atoms with Crippen molar-refractivity contribution in [2.45, 2.75) is 6.17 Å². The molecule has 0 bridgehead atoms. The Balaban J connectivity index is 0.919. The topological polar surface area (TPSA) is 51.5 Å². The van der Waals surface area contributed by atoms with Gasteiger partial charge in [-0.05, 0) is 131 Å². The molecule has 16 aromatic rings. The molecule has 0 saturated carbocycles. The SMILES string of the molecule is c1ccc(-n2c3ccccc3c3ccc(C4=NC(c5ccc(-n6c7ccccc7c7cc8ccccc8cc76)cc5-c5ccc6sc7ccccc7c6c5)=NC(c5ccc6c7ccccc7n(-c7ccccc7)c6c5)N4)cc32)cc1. The van der Waals surface area contributed by atoms with Crippen LogP contribution in [0.1, 0.15) is 22.9 Å². The second-order valence-electron chi connectivity index (χ2n) is 21.0. The van der Waals surface area contributed by atoms with Crippen LogP contribution in [0.3, 0.4) is 0 Å². The van der Waals surface area contributed by atoms with Gasteiger partial charge in [-0.15, -0.1) is 11.3 Å². The van der Waals surface area contributed by atoms with Gasteiger partial charge >= 0.3 is 0 Å². The van der Waals surface area contributed by atoms with Crippen molar-refractivity contribution >= 4 is 119 Å². The molecule has 6 nitrogen and oxygen atoms in total. The Bertz CT molecular complexity index is 5290. The Kier molecular flexibility index (Phi) is 9.84. The zero-order valence-corrected chi connectivity index (χ0v) is 43.9. The molecule has 1 unspecified atom stereocenters. The van der Waals surface area contributed by atoms with Crippen LogP contribution < -0.4 is 5.32 Å². The number of para-hydroxylation sites is 5. The summed E-state index contributed by atoms with van der Waals surface area (Å²) in [6, 6.07) is 97.1. The molecule has 4 aromatic heterocycles. The highest BCUT2D eigenvalue weighted by Gasteiger charge is 2.27. The van der Waals surface area contributed by atoms with Crippen molar-refractivity contribution in [1.29, 1.82) is 0 Å². The monoisotopic (exact) mass is 1040 g/mol. The number of nitrogens with one attached hydrogen (secondary N) is 1. The highest BCUT2D eigenvalue weighted by Crippen LogP contribution is 2.42. The smallest absolute Gasteiger partial charge is 0.160 e. The van der Waals surface area contributed by atoms with Crippen molar-refractivity contribution in [2.75, 3.05) is 0 Å². The van der Waals surface area contributed by atoms with Gasteiger partial charge in [-0.3, -0.25) is 0 Å². The third kappa shape index (κ3) is 6.91. The van der Waals surface area contributed by atoms with Gasteiger partial charge in [-0.25, -0.2) is 9.98 Å². The summed E-state index contributed by atoms with van der Waals surface area (Å²) < 4.78 is 9.72. The second-order valence-corrected chi connectivity index (χ2v) is 22.0. The molecule has 5 heterocycles. The van der Waals surface area contributed by atoms with Crippen molar-refractivity contribution in [3.05, 3.63) is 284 Å². The van der Waals surface area contributed by atoms with Crippen molar-refractivity contribution in [1.82, 2.24) is 19.0 Å². The lowest BCUT2D eigenvalue weighted by Gasteiger charge is -2.25. The Hall–Kier alpha value is -10.3. The van der Waals surface area contributed by atoms with Crippen LogP contribution in [0.2, 0.25) is 0 Å². The third-order valence-electron chi connectivity index (χ3n) is 16.5. The maximum Gasteiger partial charge on any atom is 0.160 e. The first-order chi connectivity index (χ1) is 39.6. The average Bonchev–Trinajstić information content (AvgIpc) is 4.40. The van der Waals surface area contributed by atoms with Crippen LogP contribution in [0.25, 0.3) is 125 Å². The first-order valence-corrected chi connectivity index (χ1v) is 28.1. The highest BCUT2D eigenvalue weighted by atomic mass is 32.1. The number of fused-ring (bicyclic) bond motifs is 13. The Morgan fingerprint density at radius 1 is 0.325 bits per heavy atom. The molecule has 0 spiro atoms. The van der Waals surface area contributed by atoms with E-state index in [1.54, 1.807) is 0 Å². The predicted octanol–water partition coefficient (Wildman–Crippen LogP) is 18.7. The zero-order chi connectivity index (χ0) is 52.4. The second kappa shape index (κ2) is 17.6. The van der Waals surface area contributed by atoms with E-state index in [1.807, 2.05) is 11.3 Å². The van der Waals surface area contributed by atoms with Crippen molar-refractivity contribution in [3.63, 3.8) is 0 Å². The van der Waals surface area contributed by atoms with Crippen molar-refractivity contribution in [2.24, 2.45) is 9.98 Å². The van der Waals surface area contributed by atoms with Gasteiger partial charge in [0.15, 0.2) is 5.84 Å². The van der Waals surface area contributed by atoms with Crippen LogP contribution in [-0.2, 0) is 0 Å². The number of nitrogens with zero attached hydrogens (tertiary/aromatic N) is 5. The van der Waals surface area contributed by atoms with Gasteiger partial charge < -0.3 is 19.0 Å². The largest absolute Gasteiger partial charge is 0.344 e. The minimum atomic E-state index is -0.499. The van der Waals surface area contributed by atoms with Crippen LogP contribution >= 0.6 is 11.3 Å². The number of rotatable bonds is 7. The normalized spacial score (nSPS) is 13.9. The van der Waals surface area contributed by atoms with Crippen molar-refractivity contribution < 1.29 is 0 Å². The summed E-state index contributed by atoms with van der Waals surface area (Å²) in [4.78, 5) is 11.4. The molecule has 1 N–H and O–H groups in total. The van der Waals surface area contributed by atoms with Gasteiger partial charge in [0.05, 0.1) is 33.1 Å². The van der Waals surface area contributed by atoms with Crippen LogP contribution in [0.5, 0.6) is 0 Å². The predicted molar refractivity (Wildman–Crippen MR) is 337 cm³/mol. The number of thiophene rings is 1. The molecule has 0 fully saturated rings. The lowest BCUT2D eigenvalue weighted by molar-refractivity contribution is 0.675. The van der Waals surface area contributed by atoms with Crippen LogP contribution in [0.15, 0.2) is 277 Å². The Morgan fingerprint density at radius 3 is 1.55 bits per heavy atom. The van der Waals surface area contributed by atoms with E-state index < -0.39 is 6.17 Å². The molecule has 0 radical (unpaired) electrons. The van der Waals surface area contributed by atoms with Gasteiger partial charge in [0, 0.05) is 80.7 Å². The number of benzene rings is 12. The summed E-state index contributed by atoms with van der Waals surface area (Å²) >= 11 is 1.84. The van der Waals surface area contributed by atoms with E-state index in [0.29, 0.717) is 5.84 Å². The molecular weight excluding hydrogens is 993 g/mol. The van der Waals surface area contributed by atoms with E-state index in [0.717, 1.165) is 83.8 Å². The van der Waals surface area contributed by atoms with E-state index in [4.69, 9.17) is 9.98 Å². The minimum absolute atomic E-state index is 0.499. The Morgan fingerprint density at radius 2 is 0.850 bits per heavy atom. The molecule has 1 atom stereocenters. The highest BCUT2D eigenvalue weighted by molar-refractivity contribution is 7.25. The van der Waals surface area contributed by atoms with E-state index in [1.165, 1.54) is 63.3 Å². The fourth-order valence-corrected chi connectivity index (χ4v) is 13.9. The number of amidine groups is 2. The summed E-state index contributed by atoms with van der Waals surface area (Å²) in [7, 11) is 0. The van der Waals surface area contributed by atoms with Gasteiger partial charge in [0.1, 0.15) is 12.0 Å². The molecule has 1 aliphatic rings. The molecule has 12 aromatic carbocycles. The molecule has 17 rings (SSSR count). The summed E-state index contributed by atoms with van der Waals surface area (Å²) in [6.45, 7) is 0. The molecule has 7 heteroatoms. The number of hydrogen-bond donors (Lipinski definition) is 1. The van der Waals surface area contributed by atoms with Crippen molar-refractivity contribution in [3.8, 4) is 28.2 Å². The van der Waals surface area contributed by atoms with Gasteiger partial charge in [0.25, 0.3) is 0 Å². The summed E-state index contributed by atoms with van der Waals surface area (Å²) in [5.74, 6) is 1.40. The quantitative estimate of drug-likeness (QED) is 0.170. The maximum atomic E-state index is 5.74. The summed E-state index contributed by atoms with van der Waals surface area (Å²) in [5.41, 5.74) is 15.2. The molecule has 0 saturated heterocycles. The maximum absolute atomic E-state index is 5.74. The van der Waals surface area contributed by atoms with Crippen LogP contribution in [-0.4, -0.2) is 25.4 Å². The first kappa shape index (κ1) is 44.8. The molecular formula is C73H46N6S. The first-order valence-electron chi connectivity index (χ1n) is 27.2. The minimum Gasteiger partial charge on any atom is -0.344 e. The van der Waals surface area contributed by atoms with E-state index in [2.05, 4.69) is 286 Å². The molecule has 1 aliphatic heterocycles. The summed E-state index contributed by atoms with van der Waals surface area (Å²) in [5, 5.41) is 16.1. The number of aromatic nitrogens is 3. The third-order valence-corrected chi connectivity index (χ3v) is 17.6. The van der Waals surface area contributed by atoms with E-state index in [9.17, 15) is 0 Å². The van der Waals surface area contributed by atoms with Gasteiger partial charge in [0.2, 0.25) is 0 Å². The van der Waals surface area contributed by atoms with E-state index in [-0.39, 0.29) is 0 Å². The zero-order valence-electron chi connectivity index (χ0n) is 43.1. The lowest BCUT2D eigenvalue weighted by Crippen LogP contribution is -2.33. The standard InChI is InChI=1S/C73H46N6S/c1-3-19-50(20-4-1)77-63-27-13-9-23-53(63)56-35-31-48(42-66(56)77)71-74-72(49-32-36-57-54-24-10-14-28-64(54)78(67(57)43-49)51-21-5-2-6-22-51)76-73(75-71)59-37-34-52(44-60(59)47-33-38-70-62(40-47)58-26-12-16-30-69(58)80-70)79-65-29-15-11-25-55(65)61-39-45-17-7-8-18-46(45)41-68(61)79/h1-44,71H,(H,74,75,76). The van der Waals surface area contributed by atoms with Crippen LogP contribution in [0.4, 0.5) is 0 Å². The average molecular weight is 1040 g/mol. The molecule has 0 amide bonds. The molecule has 80 heavy (non-hydrogen) atoms. The fraction of sp³-hybridized carbons (Fsp3) is 0.0137. The molecule has 0 aliphatic carbocycles. The van der Waals surface area contributed by atoms with Gasteiger partial charge in [-0.1, -0.05) is 164 Å². The number of aliphatic imine (C=N–C) groups is 2. The molecule has 374 valence electrons. The van der Waals surface area contributed by atoms with Gasteiger partial charge in [-0.2, -0.15) is 0 Å². The number of hydrogen-bond acceptors (Lipinski definition) is 4. The lowest BCUT2D eigenvalue weighted by atomic mass is 9.96.